The number of pyridine rings is 1. The van der Waals surface area contributed by atoms with Crippen LogP contribution in [0, 0.1) is 10.1 Å². The van der Waals surface area contributed by atoms with Crippen molar-refractivity contribution in [1.29, 1.82) is 0 Å². The Kier molecular flexibility index (Phi) is 3.28. The summed E-state index contributed by atoms with van der Waals surface area (Å²) in [6.45, 7) is 12.0. The maximum atomic E-state index is 11.0. The zero-order valence-corrected chi connectivity index (χ0v) is 11.4. The molecule has 0 amide bonds. The van der Waals surface area contributed by atoms with Crippen LogP contribution in [-0.4, -0.2) is 9.91 Å². The van der Waals surface area contributed by atoms with Gasteiger partial charge >= 0.3 is 0 Å². The van der Waals surface area contributed by atoms with E-state index in [-0.39, 0.29) is 21.4 Å². The lowest BCUT2D eigenvalue weighted by Crippen LogP contribution is -2.21. The smallest absolute Gasteiger partial charge is 0.258 e. The minimum Gasteiger partial charge on any atom is -0.258 e. The molecule has 0 atom stereocenters. The molecule has 4 heteroatoms. The maximum Gasteiger partial charge on any atom is 0.291 e. The molecule has 0 radical (unpaired) electrons. The summed E-state index contributed by atoms with van der Waals surface area (Å²) in [5.74, 6) is 0. The molecule has 0 fully saturated rings. The lowest BCUT2D eigenvalue weighted by Gasteiger charge is -2.23. The van der Waals surface area contributed by atoms with Gasteiger partial charge < -0.3 is 0 Å². The molecule has 0 aliphatic rings. The number of nitrogens with zero attached hydrogens (tertiary/aromatic N) is 2. The topological polar surface area (TPSA) is 56.0 Å². The van der Waals surface area contributed by atoms with Crippen LogP contribution in [0.2, 0.25) is 0 Å². The van der Waals surface area contributed by atoms with Crippen LogP contribution in [0.25, 0.3) is 0 Å². The first-order chi connectivity index (χ1) is 7.53. The predicted octanol–water partition coefficient (Wildman–Crippen LogP) is 3.58. The Hall–Kier alpha value is -1.45. The van der Waals surface area contributed by atoms with Gasteiger partial charge in [-0.2, -0.15) is 0 Å². The lowest BCUT2D eigenvalue weighted by atomic mass is 9.87. The summed E-state index contributed by atoms with van der Waals surface area (Å²) in [6, 6.07) is 3.31. The third-order valence-corrected chi connectivity index (χ3v) is 2.55. The Morgan fingerprint density at radius 3 is 1.94 bits per heavy atom. The summed E-state index contributed by atoms with van der Waals surface area (Å²) in [7, 11) is 0. The molecule has 94 valence electrons. The molecule has 0 saturated heterocycles. The SMILES string of the molecule is CC(C)(C)c1ccc([N+](=O)[O-])c(C(C)(C)C)n1. The summed E-state index contributed by atoms with van der Waals surface area (Å²) in [6.07, 6.45) is 0. The van der Waals surface area contributed by atoms with E-state index in [1.807, 2.05) is 41.5 Å². The van der Waals surface area contributed by atoms with Crippen molar-refractivity contribution >= 4 is 5.69 Å². The fourth-order valence-corrected chi connectivity index (χ4v) is 1.57. The number of nitro groups is 1. The van der Waals surface area contributed by atoms with Crippen molar-refractivity contribution in [2.45, 2.75) is 52.4 Å². The molecule has 0 bridgehead atoms. The van der Waals surface area contributed by atoms with Crippen molar-refractivity contribution in [2.24, 2.45) is 0 Å². The Labute approximate surface area is 102 Å². The van der Waals surface area contributed by atoms with Gasteiger partial charge in [-0.1, -0.05) is 41.5 Å². The normalized spacial score (nSPS) is 12.6. The second-order valence-electron chi connectivity index (χ2n) is 6.32. The molecular formula is C13H20N2O2. The van der Waals surface area contributed by atoms with Crippen LogP contribution in [-0.2, 0) is 10.8 Å². The van der Waals surface area contributed by atoms with E-state index in [1.165, 1.54) is 0 Å². The molecule has 0 aliphatic heterocycles. The quantitative estimate of drug-likeness (QED) is 0.553. The summed E-state index contributed by atoms with van der Waals surface area (Å²) in [5, 5.41) is 11.0. The predicted molar refractivity (Wildman–Crippen MR) is 68.3 cm³/mol. The molecule has 1 aromatic heterocycles. The molecule has 1 aromatic rings. The van der Waals surface area contributed by atoms with Crippen LogP contribution >= 0.6 is 0 Å². The first-order valence-corrected chi connectivity index (χ1v) is 5.70. The summed E-state index contributed by atoms with van der Waals surface area (Å²) >= 11 is 0. The standard InChI is InChI=1S/C13H20N2O2/c1-12(2,3)10-8-7-9(15(16)17)11(14-10)13(4,5)6/h7-8H,1-6H3. The van der Waals surface area contributed by atoms with Gasteiger partial charge in [-0.15, -0.1) is 0 Å². The van der Waals surface area contributed by atoms with Gasteiger partial charge in [0, 0.05) is 22.6 Å². The van der Waals surface area contributed by atoms with Crippen molar-refractivity contribution in [1.82, 2.24) is 4.98 Å². The summed E-state index contributed by atoms with van der Waals surface area (Å²) in [4.78, 5) is 15.1. The molecule has 4 nitrogen and oxygen atoms in total. The van der Waals surface area contributed by atoms with E-state index in [9.17, 15) is 10.1 Å². The van der Waals surface area contributed by atoms with Gasteiger partial charge in [0.15, 0.2) is 0 Å². The highest BCUT2D eigenvalue weighted by atomic mass is 16.6. The monoisotopic (exact) mass is 236 g/mol. The summed E-state index contributed by atoms with van der Waals surface area (Å²) < 4.78 is 0. The Morgan fingerprint density at radius 2 is 1.59 bits per heavy atom. The van der Waals surface area contributed by atoms with Gasteiger partial charge in [-0.05, 0) is 6.07 Å². The van der Waals surface area contributed by atoms with Crippen molar-refractivity contribution in [3.05, 3.63) is 33.6 Å². The van der Waals surface area contributed by atoms with E-state index < -0.39 is 0 Å². The van der Waals surface area contributed by atoms with Crippen LogP contribution in [0.5, 0.6) is 0 Å². The average molecular weight is 236 g/mol. The maximum absolute atomic E-state index is 11.0. The molecule has 0 aromatic carbocycles. The van der Waals surface area contributed by atoms with Gasteiger partial charge in [0.1, 0.15) is 5.69 Å². The van der Waals surface area contributed by atoms with Gasteiger partial charge in [0.25, 0.3) is 5.69 Å². The van der Waals surface area contributed by atoms with Crippen molar-refractivity contribution < 1.29 is 4.92 Å². The molecule has 1 heterocycles. The van der Waals surface area contributed by atoms with Crippen molar-refractivity contribution in [3.63, 3.8) is 0 Å². The molecule has 0 N–H and O–H groups in total. The fraction of sp³-hybridized carbons (Fsp3) is 0.615. The molecule has 0 aliphatic carbocycles. The Bertz CT molecular complexity index is 440. The van der Waals surface area contributed by atoms with Gasteiger partial charge in [0.2, 0.25) is 0 Å². The Balaban J connectivity index is 3.46. The highest BCUT2D eigenvalue weighted by molar-refractivity contribution is 5.41. The zero-order valence-electron chi connectivity index (χ0n) is 11.4. The van der Waals surface area contributed by atoms with Gasteiger partial charge in [-0.3, -0.25) is 10.1 Å². The first-order valence-electron chi connectivity index (χ1n) is 5.70. The first kappa shape index (κ1) is 13.6. The van der Waals surface area contributed by atoms with Gasteiger partial charge in [0.05, 0.1) is 4.92 Å². The molecule has 0 saturated carbocycles. The van der Waals surface area contributed by atoms with E-state index in [0.717, 1.165) is 5.69 Å². The molecule has 0 spiro atoms. The number of hydrogen-bond acceptors (Lipinski definition) is 3. The average Bonchev–Trinajstić information content (AvgIpc) is 2.14. The fourth-order valence-electron chi connectivity index (χ4n) is 1.57. The zero-order chi connectivity index (χ0) is 13.4. The minimum absolute atomic E-state index is 0.102. The van der Waals surface area contributed by atoms with Crippen LogP contribution in [0.4, 0.5) is 5.69 Å². The third kappa shape index (κ3) is 3.02. The second kappa shape index (κ2) is 4.09. The van der Waals surface area contributed by atoms with Crippen molar-refractivity contribution in [3.8, 4) is 0 Å². The number of hydrogen-bond donors (Lipinski definition) is 0. The Morgan fingerprint density at radius 1 is 1.06 bits per heavy atom. The molecular weight excluding hydrogens is 216 g/mol. The molecule has 0 unspecified atom stereocenters. The van der Waals surface area contributed by atoms with Crippen LogP contribution in [0.1, 0.15) is 52.9 Å². The largest absolute Gasteiger partial charge is 0.291 e. The molecule has 1 rings (SSSR count). The minimum atomic E-state index is -0.361. The summed E-state index contributed by atoms with van der Waals surface area (Å²) in [5.41, 5.74) is 1.10. The van der Waals surface area contributed by atoms with E-state index >= 15 is 0 Å². The van der Waals surface area contributed by atoms with Crippen LogP contribution < -0.4 is 0 Å². The number of aromatic nitrogens is 1. The van der Waals surface area contributed by atoms with Crippen molar-refractivity contribution in [2.75, 3.05) is 0 Å². The lowest BCUT2D eigenvalue weighted by molar-refractivity contribution is -0.386. The van der Waals surface area contributed by atoms with E-state index in [2.05, 4.69) is 4.98 Å². The molecule has 17 heavy (non-hydrogen) atoms. The van der Waals surface area contributed by atoms with Gasteiger partial charge in [-0.25, -0.2) is 4.98 Å². The second-order valence-corrected chi connectivity index (χ2v) is 6.32. The highest BCUT2D eigenvalue weighted by Crippen LogP contribution is 2.32. The van der Waals surface area contributed by atoms with E-state index in [1.54, 1.807) is 12.1 Å². The highest BCUT2D eigenvalue weighted by Gasteiger charge is 2.29. The van der Waals surface area contributed by atoms with E-state index in [4.69, 9.17) is 0 Å². The van der Waals surface area contributed by atoms with E-state index in [0.29, 0.717) is 5.69 Å². The van der Waals surface area contributed by atoms with Crippen LogP contribution in [0.15, 0.2) is 12.1 Å². The third-order valence-electron chi connectivity index (χ3n) is 2.55. The number of rotatable bonds is 1. The van der Waals surface area contributed by atoms with Crippen LogP contribution in [0.3, 0.4) is 0 Å².